The summed E-state index contributed by atoms with van der Waals surface area (Å²) >= 11 is 5.74. The van der Waals surface area contributed by atoms with E-state index in [1.54, 1.807) is 11.0 Å². The molecule has 5 nitrogen and oxygen atoms in total. The van der Waals surface area contributed by atoms with Crippen molar-refractivity contribution in [2.75, 3.05) is 6.54 Å². The zero-order chi connectivity index (χ0) is 13.1. The van der Waals surface area contributed by atoms with Gasteiger partial charge in [0.1, 0.15) is 5.15 Å². The van der Waals surface area contributed by atoms with Gasteiger partial charge in [0.05, 0.1) is 6.42 Å². The molecule has 1 N–H and O–H groups in total. The van der Waals surface area contributed by atoms with Gasteiger partial charge in [0.15, 0.2) is 0 Å². The zero-order valence-electron chi connectivity index (χ0n) is 9.67. The Hall–Kier alpha value is -1.62. The highest BCUT2D eigenvalue weighted by molar-refractivity contribution is 6.29. The Morgan fingerprint density at radius 1 is 1.56 bits per heavy atom. The molecule has 1 saturated heterocycles. The molecule has 0 bridgehead atoms. The Labute approximate surface area is 109 Å². The summed E-state index contributed by atoms with van der Waals surface area (Å²) in [5, 5.41) is 9.08. The molecule has 0 radical (unpaired) electrons. The number of carboxylic acid groups (broad SMARTS) is 1. The fourth-order valence-electron chi connectivity index (χ4n) is 2.22. The van der Waals surface area contributed by atoms with Crippen molar-refractivity contribution in [3.05, 3.63) is 29.0 Å². The summed E-state index contributed by atoms with van der Waals surface area (Å²) in [6, 6.07) is 2.87. The van der Waals surface area contributed by atoms with Gasteiger partial charge in [-0.3, -0.25) is 9.59 Å². The summed E-state index contributed by atoms with van der Waals surface area (Å²) in [4.78, 5) is 28.4. The van der Waals surface area contributed by atoms with Crippen molar-refractivity contribution in [3.8, 4) is 0 Å². The molecule has 0 saturated carbocycles. The lowest BCUT2D eigenvalue weighted by Gasteiger charge is -2.23. The molecule has 18 heavy (non-hydrogen) atoms. The molecule has 0 aliphatic carbocycles. The number of likely N-dealkylation sites (tertiary alicyclic amines) is 1. The third kappa shape index (κ3) is 2.79. The maximum absolute atomic E-state index is 12.2. The molecule has 1 aromatic rings. The van der Waals surface area contributed by atoms with Crippen molar-refractivity contribution < 1.29 is 14.7 Å². The number of pyridine rings is 1. The number of carboxylic acids is 1. The zero-order valence-corrected chi connectivity index (χ0v) is 10.4. The van der Waals surface area contributed by atoms with Crippen LogP contribution in [-0.2, 0) is 4.79 Å². The molecule has 1 aliphatic heterocycles. The molecule has 1 aromatic heterocycles. The van der Waals surface area contributed by atoms with Crippen molar-refractivity contribution in [1.82, 2.24) is 9.88 Å². The highest BCUT2D eigenvalue weighted by Gasteiger charge is 2.30. The van der Waals surface area contributed by atoms with Gasteiger partial charge in [-0.15, -0.1) is 0 Å². The Morgan fingerprint density at radius 2 is 2.33 bits per heavy atom. The number of hydrogen-bond acceptors (Lipinski definition) is 3. The van der Waals surface area contributed by atoms with Crippen LogP contribution in [0.15, 0.2) is 18.3 Å². The smallest absolute Gasteiger partial charge is 0.305 e. The number of carbonyl (C=O) groups is 2. The summed E-state index contributed by atoms with van der Waals surface area (Å²) in [5.41, 5.74) is 0.451. The van der Waals surface area contributed by atoms with Crippen LogP contribution in [0.1, 0.15) is 29.6 Å². The summed E-state index contributed by atoms with van der Waals surface area (Å²) in [6.07, 6.45) is 3.03. The summed E-state index contributed by atoms with van der Waals surface area (Å²) in [5.74, 6) is -1.06. The van der Waals surface area contributed by atoms with Gasteiger partial charge in [0.2, 0.25) is 0 Å². The molecule has 1 atom stereocenters. The van der Waals surface area contributed by atoms with E-state index in [0.29, 0.717) is 12.1 Å². The van der Waals surface area contributed by atoms with Crippen molar-refractivity contribution in [2.45, 2.75) is 25.3 Å². The Morgan fingerprint density at radius 3 is 3.00 bits per heavy atom. The fraction of sp³-hybridized carbons (Fsp3) is 0.417. The molecule has 1 fully saturated rings. The Bertz CT molecular complexity index is 478. The van der Waals surface area contributed by atoms with E-state index in [1.807, 2.05) is 0 Å². The van der Waals surface area contributed by atoms with E-state index in [-0.39, 0.29) is 23.5 Å². The molecule has 2 heterocycles. The van der Waals surface area contributed by atoms with Crippen LogP contribution in [0.2, 0.25) is 5.15 Å². The van der Waals surface area contributed by atoms with E-state index in [4.69, 9.17) is 16.7 Å². The van der Waals surface area contributed by atoms with Gasteiger partial charge in [-0.1, -0.05) is 11.6 Å². The number of rotatable bonds is 3. The highest BCUT2D eigenvalue weighted by atomic mass is 35.5. The van der Waals surface area contributed by atoms with Gasteiger partial charge in [-0.25, -0.2) is 4.98 Å². The van der Waals surface area contributed by atoms with Gasteiger partial charge in [-0.2, -0.15) is 0 Å². The van der Waals surface area contributed by atoms with E-state index in [2.05, 4.69) is 4.98 Å². The molecule has 6 heteroatoms. The van der Waals surface area contributed by atoms with E-state index in [1.165, 1.54) is 12.3 Å². The highest BCUT2D eigenvalue weighted by Crippen LogP contribution is 2.23. The first kappa shape index (κ1) is 12.8. The first-order valence-corrected chi connectivity index (χ1v) is 6.10. The van der Waals surface area contributed by atoms with Crippen LogP contribution in [0.4, 0.5) is 0 Å². The third-order valence-corrected chi connectivity index (χ3v) is 3.23. The largest absolute Gasteiger partial charge is 0.481 e. The molecular weight excluding hydrogens is 256 g/mol. The Balaban J connectivity index is 2.15. The predicted molar refractivity (Wildman–Crippen MR) is 65.6 cm³/mol. The molecule has 1 unspecified atom stereocenters. The number of aliphatic carboxylic acids is 1. The van der Waals surface area contributed by atoms with Gasteiger partial charge >= 0.3 is 5.97 Å². The van der Waals surface area contributed by atoms with Crippen LogP contribution in [0, 0.1) is 0 Å². The Kier molecular flexibility index (Phi) is 3.81. The number of carbonyl (C=O) groups excluding carboxylic acids is 1. The number of amides is 1. The van der Waals surface area contributed by atoms with Crippen molar-refractivity contribution in [2.24, 2.45) is 0 Å². The molecular formula is C12H13ClN2O3. The van der Waals surface area contributed by atoms with Crippen LogP contribution in [0.25, 0.3) is 0 Å². The second-order valence-corrected chi connectivity index (χ2v) is 4.65. The van der Waals surface area contributed by atoms with Crippen LogP contribution in [0.5, 0.6) is 0 Å². The van der Waals surface area contributed by atoms with Crippen molar-refractivity contribution in [1.29, 1.82) is 0 Å². The van der Waals surface area contributed by atoms with E-state index in [0.717, 1.165) is 12.8 Å². The van der Waals surface area contributed by atoms with Crippen LogP contribution >= 0.6 is 11.6 Å². The van der Waals surface area contributed by atoms with Crippen molar-refractivity contribution in [3.63, 3.8) is 0 Å². The lowest BCUT2D eigenvalue weighted by atomic mass is 10.1. The van der Waals surface area contributed by atoms with Gasteiger partial charge in [-0.05, 0) is 25.0 Å². The third-order valence-electron chi connectivity index (χ3n) is 3.02. The molecule has 0 aromatic carbocycles. The lowest BCUT2D eigenvalue weighted by Crippen LogP contribution is -2.36. The molecule has 1 amide bonds. The second kappa shape index (κ2) is 5.35. The average molecular weight is 269 g/mol. The first-order chi connectivity index (χ1) is 8.58. The number of aromatic nitrogens is 1. The van der Waals surface area contributed by atoms with Gasteiger partial charge in [0, 0.05) is 24.3 Å². The van der Waals surface area contributed by atoms with Crippen LogP contribution < -0.4 is 0 Å². The van der Waals surface area contributed by atoms with E-state index >= 15 is 0 Å². The maximum Gasteiger partial charge on any atom is 0.305 e. The molecule has 1 aliphatic rings. The number of nitrogens with zero attached hydrogens (tertiary/aromatic N) is 2. The molecule has 2 rings (SSSR count). The monoisotopic (exact) mass is 268 g/mol. The second-order valence-electron chi connectivity index (χ2n) is 4.26. The van der Waals surface area contributed by atoms with Crippen LogP contribution in [-0.4, -0.2) is 39.5 Å². The minimum absolute atomic E-state index is 0.00937. The molecule has 96 valence electrons. The van der Waals surface area contributed by atoms with Gasteiger partial charge < -0.3 is 10.0 Å². The maximum atomic E-state index is 12.2. The average Bonchev–Trinajstić information content (AvgIpc) is 2.75. The predicted octanol–water partition coefficient (Wildman–Crippen LogP) is 1.81. The number of hydrogen-bond donors (Lipinski definition) is 1. The quantitative estimate of drug-likeness (QED) is 0.849. The van der Waals surface area contributed by atoms with E-state index < -0.39 is 5.97 Å². The first-order valence-electron chi connectivity index (χ1n) is 5.72. The standard InChI is InChI=1S/C12H13ClN2O3/c13-10-6-8(3-4-14-10)12(18)15-5-1-2-9(15)7-11(16)17/h3-4,6,9H,1-2,5,7H2,(H,16,17). The minimum atomic E-state index is -0.882. The summed E-state index contributed by atoms with van der Waals surface area (Å²) < 4.78 is 0. The normalized spacial score (nSPS) is 18.9. The van der Waals surface area contributed by atoms with E-state index in [9.17, 15) is 9.59 Å². The fourth-order valence-corrected chi connectivity index (χ4v) is 2.39. The minimum Gasteiger partial charge on any atom is -0.481 e. The summed E-state index contributed by atoms with van der Waals surface area (Å²) in [6.45, 7) is 0.594. The van der Waals surface area contributed by atoms with Crippen molar-refractivity contribution >= 4 is 23.5 Å². The number of halogens is 1. The SMILES string of the molecule is O=C(O)CC1CCCN1C(=O)c1ccnc(Cl)c1. The van der Waals surface area contributed by atoms with Crippen LogP contribution in [0.3, 0.4) is 0 Å². The molecule has 0 spiro atoms. The topological polar surface area (TPSA) is 70.5 Å². The summed E-state index contributed by atoms with van der Waals surface area (Å²) in [7, 11) is 0. The van der Waals surface area contributed by atoms with Gasteiger partial charge in [0.25, 0.3) is 5.91 Å². The lowest BCUT2D eigenvalue weighted by molar-refractivity contribution is -0.137.